The lowest BCUT2D eigenvalue weighted by atomic mass is 10.1. The van der Waals surface area contributed by atoms with Gasteiger partial charge in [0.05, 0.1) is 17.3 Å². The third-order valence-electron chi connectivity index (χ3n) is 4.52. The predicted octanol–water partition coefficient (Wildman–Crippen LogP) is 5.15. The lowest BCUT2D eigenvalue weighted by Gasteiger charge is -2.17. The van der Waals surface area contributed by atoms with E-state index in [1.807, 2.05) is 12.3 Å². The van der Waals surface area contributed by atoms with Crippen molar-refractivity contribution in [2.24, 2.45) is 0 Å². The van der Waals surface area contributed by atoms with Crippen LogP contribution in [0.3, 0.4) is 0 Å². The van der Waals surface area contributed by atoms with Gasteiger partial charge in [-0.1, -0.05) is 6.08 Å². The number of hydrogen-bond donors (Lipinski definition) is 1. The quantitative estimate of drug-likeness (QED) is 0.658. The van der Waals surface area contributed by atoms with Gasteiger partial charge in [-0.3, -0.25) is 4.98 Å². The Balaban J connectivity index is 2.06. The SMILES string of the molecule is C=CCn1c(C)c(C)c2ccnc(C(C)Nc3ccc(F)cc3)c21. The van der Waals surface area contributed by atoms with Crippen molar-refractivity contribution in [1.82, 2.24) is 9.55 Å². The van der Waals surface area contributed by atoms with Gasteiger partial charge in [-0.2, -0.15) is 0 Å². The number of hydrogen-bond acceptors (Lipinski definition) is 2. The highest BCUT2D eigenvalue weighted by molar-refractivity contribution is 5.87. The molecule has 0 saturated heterocycles. The fourth-order valence-corrected chi connectivity index (χ4v) is 3.16. The molecule has 0 fully saturated rings. The molecular formula is C20H22FN3. The van der Waals surface area contributed by atoms with Crippen molar-refractivity contribution in [2.75, 3.05) is 5.32 Å². The highest BCUT2D eigenvalue weighted by atomic mass is 19.1. The normalized spacial score (nSPS) is 12.3. The van der Waals surface area contributed by atoms with Gasteiger partial charge in [0.2, 0.25) is 0 Å². The van der Waals surface area contributed by atoms with Crippen molar-refractivity contribution < 1.29 is 4.39 Å². The first-order valence-corrected chi connectivity index (χ1v) is 8.10. The molecule has 0 spiro atoms. The number of nitrogens with one attached hydrogen (secondary N) is 1. The maximum atomic E-state index is 13.1. The number of anilines is 1. The number of nitrogens with zero attached hydrogens (tertiary/aromatic N) is 2. The second-order valence-corrected chi connectivity index (χ2v) is 6.07. The second-order valence-electron chi connectivity index (χ2n) is 6.07. The molecule has 124 valence electrons. The smallest absolute Gasteiger partial charge is 0.123 e. The number of aromatic nitrogens is 2. The van der Waals surface area contributed by atoms with Crippen LogP contribution in [0.1, 0.15) is 29.9 Å². The molecule has 0 saturated carbocycles. The van der Waals surface area contributed by atoms with Gasteiger partial charge in [0.15, 0.2) is 0 Å². The molecule has 4 heteroatoms. The Bertz CT molecular complexity index is 878. The van der Waals surface area contributed by atoms with Crippen molar-refractivity contribution in [2.45, 2.75) is 33.4 Å². The van der Waals surface area contributed by atoms with Crippen LogP contribution in [0.4, 0.5) is 10.1 Å². The first kappa shape index (κ1) is 16.2. The van der Waals surface area contributed by atoms with Gasteiger partial charge in [0.25, 0.3) is 0 Å². The molecule has 2 heterocycles. The van der Waals surface area contributed by atoms with Crippen molar-refractivity contribution >= 4 is 16.6 Å². The molecule has 0 bridgehead atoms. The van der Waals surface area contributed by atoms with Gasteiger partial charge >= 0.3 is 0 Å². The Labute approximate surface area is 141 Å². The number of aryl methyl sites for hydroxylation is 1. The van der Waals surface area contributed by atoms with Crippen LogP contribution in [0.15, 0.2) is 49.2 Å². The lowest BCUT2D eigenvalue weighted by molar-refractivity contribution is 0.628. The zero-order valence-electron chi connectivity index (χ0n) is 14.3. The first-order valence-electron chi connectivity index (χ1n) is 8.10. The molecule has 3 aromatic rings. The second kappa shape index (κ2) is 6.48. The van der Waals surface area contributed by atoms with Crippen LogP contribution in [0, 0.1) is 19.7 Å². The number of halogens is 1. The van der Waals surface area contributed by atoms with E-state index in [9.17, 15) is 4.39 Å². The van der Waals surface area contributed by atoms with Crippen LogP contribution < -0.4 is 5.32 Å². The topological polar surface area (TPSA) is 29.9 Å². The summed E-state index contributed by atoms with van der Waals surface area (Å²) in [6, 6.07) is 8.45. The monoisotopic (exact) mass is 323 g/mol. The summed E-state index contributed by atoms with van der Waals surface area (Å²) in [7, 11) is 0. The van der Waals surface area contributed by atoms with Gasteiger partial charge in [0, 0.05) is 29.5 Å². The maximum absolute atomic E-state index is 13.1. The molecule has 0 aliphatic rings. The number of fused-ring (bicyclic) bond motifs is 1. The highest BCUT2D eigenvalue weighted by Gasteiger charge is 2.18. The molecular weight excluding hydrogens is 301 g/mol. The van der Waals surface area contributed by atoms with Crippen LogP contribution in [0.25, 0.3) is 10.9 Å². The van der Waals surface area contributed by atoms with Gasteiger partial charge < -0.3 is 9.88 Å². The Kier molecular flexibility index (Phi) is 4.38. The van der Waals surface area contributed by atoms with Gasteiger partial charge in [-0.25, -0.2) is 4.39 Å². The predicted molar refractivity (Wildman–Crippen MR) is 97.8 cm³/mol. The van der Waals surface area contributed by atoms with Crippen molar-refractivity contribution in [3.05, 3.63) is 72.0 Å². The number of pyridine rings is 1. The average molecular weight is 323 g/mol. The third kappa shape index (κ3) is 2.80. The van der Waals surface area contributed by atoms with E-state index in [0.29, 0.717) is 0 Å². The van der Waals surface area contributed by atoms with E-state index in [1.54, 1.807) is 12.1 Å². The van der Waals surface area contributed by atoms with Crippen molar-refractivity contribution in [3.8, 4) is 0 Å². The van der Waals surface area contributed by atoms with Gasteiger partial charge in [0.1, 0.15) is 5.82 Å². The summed E-state index contributed by atoms with van der Waals surface area (Å²) in [4.78, 5) is 4.63. The fraction of sp³-hybridized carbons (Fsp3) is 0.250. The fourth-order valence-electron chi connectivity index (χ4n) is 3.16. The first-order chi connectivity index (χ1) is 11.5. The summed E-state index contributed by atoms with van der Waals surface area (Å²) in [6.07, 6.45) is 3.76. The Morgan fingerprint density at radius 1 is 1.25 bits per heavy atom. The molecule has 1 atom stereocenters. The van der Waals surface area contributed by atoms with Gasteiger partial charge in [-0.05, 0) is 56.7 Å². The lowest BCUT2D eigenvalue weighted by Crippen LogP contribution is -2.11. The molecule has 2 aromatic heterocycles. The average Bonchev–Trinajstić information content (AvgIpc) is 2.82. The Hall–Kier alpha value is -2.62. The van der Waals surface area contributed by atoms with E-state index >= 15 is 0 Å². The number of rotatable bonds is 5. The van der Waals surface area contributed by atoms with Crippen LogP contribution in [-0.4, -0.2) is 9.55 Å². The summed E-state index contributed by atoms with van der Waals surface area (Å²) < 4.78 is 15.3. The Morgan fingerprint density at radius 2 is 1.96 bits per heavy atom. The molecule has 0 radical (unpaired) electrons. The molecule has 24 heavy (non-hydrogen) atoms. The summed E-state index contributed by atoms with van der Waals surface area (Å²) in [6.45, 7) is 11.0. The maximum Gasteiger partial charge on any atom is 0.123 e. The zero-order chi connectivity index (χ0) is 17.3. The van der Waals surface area contributed by atoms with Gasteiger partial charge in [-0.15, -0.1) is 6.58 Å². The van der Waals surface area contributed by atoms with E-state index in [2.05, 4.69) is 48.3 Å². The summed E-state index contributed by atoms with van der Waals surface area (Å²) in [5.41, 5.74) is 5.49. The van der Waals surface area contributed by atoms with Crippen LogP contribution in [0.2, 0.25) is 0 Å². The van der Waals surface area contributed by atoms with Crippen LogP contribution in [0.5, 0.6) is 0 Å². The number of benzene rings is 1. The van der Waals surface area contributed by atoms with E-state index < -0.39 is 0 Å². The van der Waals surface area contributed by atoms with E-state index in [4.69, 9.17) is 0 Å². The standard InChI is InChI=1S/C20H22FN3/c1-5-12-24-15(4)13(2)18-10-11-22-19(20(18)24)14(3)23-17-8-6-16(21)7-9-17/h5-11,14,23H,1,12H2,2-4H3. The van der Waals surface area contributed by atoms with E-state index in [1.165, 1.54) is 28.8 Å². The molecule has 1 aromatic carbocycles. The van der Waals surface area contributed by atoms with E-state index in [0.717, 1.165) is 23.4 Å². The molecule has 0 aliphatic heterocycles. The molecule has 1 unspecified atom stereocenters. The Morgan fingerprint density at radius 3 is 2.62 bits per heavy atom. The molecule has 3 rings (SSSR count). The van der Waals surface area contributed by atoms with Crippen molar-refractivity contribution in [3.63, 3.8) is 0 Å². The molecule has 0 amide bonds. The van der Waals surface area contributed by atoms with Crippen LogP contribution >= 0.6 is 0 Å². The molecule has 0 aliphatic carbocycles. The zero-order valence-corrected chi connectivity index (χ0v) is 14.3. The van der Waals surface area contributed by atoms with Crippen LogP contribution in [-0.2, 0) is 6.54 Å². The highest BCUT2D eigenvalue weighted by Crippen LogP contribution is 2.31. The third-order valence-corrected chi connectivity index (χ3v) is 4.52. The largest absolute Gasteiger partial charge is 0.377 e. The minimum absolute atomic E-state index is 0.00331. The minimum Gasteiger partial charge on any atom is -0.377 e. The summed E-state index contributed by atoms with van der Waals surface area (Å²) in [5, 5.41) is 4.62. The minimum atomic E-state index is -0.237. The van der Waals surface area contributed by atoms with Crippen molar-refractivity contribution in [1.29, 1.82) is 0 Å². The number of allylic oxidation sites excluding steroid dienone is 1. The molecule has 3 nitrogen and oxygen atoms in total. The summed E-state index contributed by atoms with van der Waals surface area (Å²) in [5.74, 6) is -0.237. The summed E-state index contributed by atoms with van der Waals surface area (Å²) >= 11 is 0. The van der Waals surface area contributed by atoms with E-state index in [-0.39, 0.29) is 11.9 Å². The molecule has 1 N–H and O–H groups in total.